The van der Waals surface area contributed by atoms with E-state index in [0.717, 1.165) is 6.42 Å². The van der Waals surface area contributed by atoms with Crippen LogP contribution in [0.4, 0.5) is 0 Å². The summed E-state index contributed by atoms with van der Waals surface area (Å²) < 4.78 is 10.3. The van der Waals surface area contributed by atoms with Gasteiger partial charge in [0.15, 0.2) is 8.32 Å². The third-order valence-electron chi connectivity index (χ3n) is 1.74. The molecule has 0 heterocycles. The minimum atomic E-state index is -1.47. The van der Waals surface area contributed by atoms with Gasteiger partial charge in [0.05, 0.1) is 19.1 Å². The highest BCUT2D eigenvalue weighted by Gasteiger charge is 2.46. The van der Waals surface area contributed by atoms with Crippen LogP contribution in [0.2, 0.25) is 19.6 Å². The molecular weight excluding hydrogens is 172 g/mol. The van der Waals surface area contributed by atoms with Gasteiger partial charge in [0, 0.05) is 0 Å². The zero-order valence-electron chi connectivity index (χ0n) is 8.09. The number of carbonyl (C=O) groups excluding carboxylic acids is 1. The van der Waals surface area contributed by atoms with E-state index >= 15 is 0 Å². The van der Waals surface area contributed by atoms with E-state index < -0.39 is 8.32 Å². The fourth-order valence-corrected chi connectivity index (χ4v) is 2.32. The Morgan fingerprint density at radius 1 is 1.42 bits per heavy atom. The number of hydrogen-bond acceptors (Lipinski definition) is 3. The molecule has 0 radical (unpaired) electrons. The van der Waals surface area contributed by atoms with Gasteiger partial charge in [0.25, 0.3) is 0 Å². The van der Waals surface area contributed by atoms with Crippen molar-refractivity contribution in [1.29, 1.82) is 0 Å². The standard InChI is InChI=1S/C8H16O3Si/c1-10-8(9)6-5-7(6)11-12(2,3)4/h6-7H,5H2,1-4H3/t6-,7-/m1/s1. The fourth-order valence-electron chi connectivity index (χ4n) is 1.16. The van der Waals surface area contributed by atoms with Crippen molar-refractivity contribution >= 4 is 14.3 Å². The summed E-state index contributed by atoms with van der Waals surface area (Å²) in [6, 6.07) is 0. The highest BCUT2D eigenvalue weighted by Crippen LogP contribution is 2.36. The van der Waals surface area contributed by atoms with Crippen LogP contribution in [0.3, 0.4) is 0 Å². The molecule has 1 aliphatic rings. The highest BCUT2D eigenvalue weighted by molar-refractivity contribution is 6.69. The molecule has 3 nitrogen and oxygen atoms in total. The average molecular weight is 188 g/mol. The first-order chi connectivity index (χ1) is 5.44. The lowest BCUT2D eigenvalue weighted by molar-refractivity contribution is -0.142. The number of methoxy groups -OCH3 is 1. The summed E-state index contributed by atoms with van der Waals surface area (Å²) in [6.07, 6.45) is 0.987. The molecule has 12 heavy (non-hydrogen) atoms. The summed E-state index contributed by atoms with van der Waals surface area (Å²) in [7, 11) is -0.0431. The van der Waals surface area contributed by atoms with E-state index in [1.165, 1.54) is 7.11 Å². The normalized spacial score (nSPS) is 28.3. The zero-order valence-corrected chi connectivity index (χ0v) is 9.09. The van der Waals surface area contributed by atoms with Crippen LogP contribution in [-0.2, 0) is 14.0 Å². The Kier molecular flexibility index (Phi) is 2.58. The molecule has 4 heteroatoms. The predicted molar refractivity (Wildman–Crippen MR) is 48.3 cm³/mol. The number of rotatable bonds is 3. The molecule has 0 unspecified atom stereocenters. The molecule has 70 valence electrons. The van der Waals surface area contributed by atoms with Crippen LogP contribution in [0.5, 0.6) is 0 Å². The predicted octanol–water partition coefficient (Wildman–Crippen LogP) is 1.40. The molecule has 0 saturated heterocycles. The van der Waals surface area contributed by atoms with E-state index in [4.69, 9.17) is 4.43 Å². The van der Waals surface area contributed by atoms with Gasteiger partial charge < -0.3 is 9.16 Å². The van der Waals surface area contributed by atoms with Crippen molar-refractivity contribution in [2.45, 2.75) is 32.2 Å². The van der Waals surface area contributed by atoms with Crippen molar-refractivity contribution in [3.05, 3.63) is 0 Å². The number of ether oxygens (including phenoxy) is 1. The van der Waals surface area contributed by atoms with Crippen molar-refractivity contribution < 1.29 is 14.0 Å². The van der Waals surface area contributed by atoms with Crippen LogP contribution in [0.15, 0.2) is 0 Å². The van der Waals surface area contributed by atoms with Crippen molar-refractivity contribution in [3.63, 3.8) is 0 Å². The Bertz CT molecular complexity index is 185. The second kappa shape index (κ2) is 3.18. The van der Waals surface area contributed by atoms with Crippen LogP contribution in [0.25, 0.3) is 0 Å². The average Bonchev–Trinajstić information content (AvgIpc) is 2.62. The van der Waals surface area contributed by atoms with Crippen molar-refractivity contribution in [2.75, 3.05) is 7.11 Å². The Morgan fingerprint density at radius 3 is 2.42 bits per heavy atom. The van der Waals surface area contributed by atoms with E-state index in [-0.39, 0.29) is 18.0 Å². The molecule has 0 N–H and O–H groups in total. The maximum Gasteiger partial charge on any atom is 0.311 e. The van der Waals surface area contributed by atoms with Crippen LogP contribution in [-0.4, -0.2) is 27.5 Å². The first kappa shape index (κ1) is 9.73. The van der Waals surface area contributed by atoms with Gasteiger partial charge in [-0.3, -0.25) is 4.79 Å². The monoisotopic (exact) mass is 188 g/mol. The molecule has 0 aromatic heterocycles. The Labute approximate surface area is 74.2 Å². The lowest BCUT2D eigenvalue weighted by atomic mass is 10.4. The van der Waals surface area contributed by atoms with Gasteiger partial charge in [0.2, 0.25) is 0 Å². The van der Waals surface area contributed by atoms with E-state index in [0.29, 0.717) is 0 Å². The second-order valence-corrected chi connectivity index (χ2v) is 8.59. The molecule has 1 saturated carbocycles. The second-order valence-electron chi connectivity index (χ2n) is 4.13. The van der Waals surface area contributed by atoms with Crippen molar-refractivity contribution in [3.8, 4) is 0 Å². The van der Waals surface area contributed by atoms with E-state index in [1.807, 2.05) is 0 Å². The largest absolute Gasteiger partial charge is 0.469 e. The third-order valence-corrected chi connectivity index (χ3v) is 2.75. The topological polar surface area (TPSA) is 35.5 Å². The highest BCUT2D eigenvalue weighted by atomic mass is 28.4. The summed E-state index contributed by atoms with van der Waals surface area (Å²) in [5.74, 6) is -0.111. The molecule has 1 fully saturated rings. The maximum absolute atomic E-state index is 11.0. The van der Waals surface area contributed by atoms with E-state index in [1.54, 1.807) is 0 Å². The number of hydrogen-bond donors (Lipinski definition) is 0. The molecule has 1 aliphatic carbocycles. The van der Waals surface area contributed by atoms with Gasteiger partial charge in [-0.1, -0.05) is 0 Å². The van der Waals surface area contributed by atoms with Crippen LogP contribution < -0.4 is 0 Å². The van der Waals surface area contributed by atoms with Crippen LogP contribution in [0, 0.1) is 5.92 Å². The van der Waals surface area contributed by atoms with Gasteiger partial charge in [0.1, 0.15) is 0 Å². The summed E-state index contributed by atoms with van der Waals surface area (Å²) in [5.41, 5.74) is 0. The number of carbonyl (C=O) groups is 1. The molecule has 2 atom stereocenters. The van der Waals surface area contributed by atoms with Crippen LogP contribution >= 0.6 is 0 Å². The first-order valence-corrected chi connectivity index (χ1v) is 7.60. The fraction of sp³-hybridized carbons (Fsp3) is 0.875. The summed E-state index contributed by atoms with van der Waals surface area (Å²) >= 11 is 0. The summed E-state index contributed by atoms with van der Waals surface area (Å²) in [6.45, 7) is 6.37. The van der Waals surface area contributed by atoms with E-state index in [9.17, 15) is 4.79 Å². The summed E-state index contributed by atoms with van der Waals surface area (Å²) in [5, 5.41) is 0. The molecule has 0 amide bonds. The maximum atomic E-state index is 11.0. The quantitative estimate of drug-likeness (QED) is 0.496. The van der Waals surface area contributed by atoms with Gasteiger partial charge in [-0.25, -0.2) is 0 Å². The minimum Gasteiger partial charge on any atom is -0.469 e. The molecule has 0 aliphatic heterocycles. The Morgan fingerprint density at radius 2 is 2.00 bits per heavy atom. The molecule has 0 bridgehead atoms. The Balaban J connectivity index is 2.29. The van der Waals surface area contributed by atoms with Gasteiger partial charge in [-0.05, 0) is 26.1 Å². The lowest BCUT2D eigenvalue weighted by Crippen LogP contribution is -2.27. The first-order valence-electron chi connectivity index (χ1n) is 4.19. The van der Waals surface area contributed by atoms with Gasteiger partial charge >= 0.3 is 5.97 Å². The van der Waals surface area contributed by atoms with E-state index in [2.05, 4.69) is 24.4 Å². The summed E-state index contributed by atoms with van der Waals surface area (Å²) in [4.78, 5) is 11.0. The lowest BCUT2D eigenvalue weighted by Gasteiger charge is -2.16. The minimum absolute atomic E-state index is 0.0155. The molecule has 0 aromatic rings. The van der Waals surface area contributed by atoms with Crippen molar-refractivity contribution in [2.24, 2.45) is 5.92 Å². The smallest absolute Gasteiger partial charge is 0.311 e. The molecule has 1 rings (SSSR count). The van der Waals surface area contributed by atoms with Gasteiger partial charge in [-0.2, -0.15) is 0 Å². The van der Waals surface area contributed by atoms with Gasteiger partial charge in [-0.15, -0.1) is 0 Å². The number of esters is 1. The molecule has 0 aromatic carbocycles. The van der Waals surface area contributed by atoms with Crippen molar-refractivity contribution in [1.82, 2.24) is 0 Å². The third kappa shape index (κ3) is 2.60. The van der Waals surface area contributed by atoms with Crippen LogP contribution in [0.1, 0.15) is 6.42 Å². The zero-order chi connectivity index (χ0) is 9.35. The molecule has 0 spiro atoms. The molecular formula is C8H16O3Si. The SMILES string of the molecule is COC(=O)[C@@H]1C[C@H]1O[Si](C)(C)C. The Hall–Kier alpha value is -0.353.